The Morgan fingerprint density at radius 3 is 2.65 bits per heavy atom. The Morgan fingerprint density at radius 1 is 1.13 bits per heavy atom. The predicted molar refractivity (Wildman–Crippen MR) is 83.4 cm³/mol. The number of aromatic nitrogens is 4. The first-order valence-corrected chi connectivity index (χ1v) is 8.65. The van der Waals surface area contributed by atoms with E-state index in [0.717, 1.165) is 31.8 Å². The fraction of sp³-hybridized carbons (Fsp3) is 0.867. The number of hydrogen-bond acceptors (Lipinski definition) is 6. The zero-order valence-electron chi connectivity index (χ0n) is 13.6. The lowest BCUT2D eigenvalue weighted by Gasteiger charge is -2.23. The third-order valence-electron chi connectivity index (χ3n) is 4.86. The molecule has 2 fully saturated rings. The van der Waals surface area contributed by atoms with E-state index < -0.39 is 0 Å². The highest BCUT2D eigenvalue weighted by atomic mass is 16.3. The van der Waals surface area contributed by atoms with E-state index in [2.05, 4.69) is 20.4 Å². The van der Waals surface area contributed by atoms with Gasteiger partial charge in [0.2, 0.25) is 5.91 Å². The predicted octanol–water partition coefficient (Wildman–Crippen LogP) is 0.0324. The van der Waals surface area contributed by atoms with Gasteiger partial charge in [0.05, 0.1) is 19.2 Å². The lowest BCUT2D eigenvalue weighted by molar-refractivity contribution is -0.133. The molecule has 0 aromatic carbocycles. The minimum atomic E-state index is -0.0481. The molecule has 1 aromatic rings. The summed E-state index contributed by atoms with van der Waals surface area (Å²) < 4.78 is 1.61. The summed E-state index contributed by atoms with van der Waals surface area (Å²) in [5, 5.41) is 21.2. The molecule has 0 aliphatic carbocycles. The summed E-state index contributed by atoms with van der Waals surface area (Å²) in [6.45, 7) is 3.74. The third kappa shape index (κ3) is 4.06. The molecule has 1 aromatic heterocycles. The van der Waals surface area contributed by atoms with Crippen LogP contribution in [-0.4, -0.2) is 73.3 Å². The first kappa shape index (κ1) is 16.3. The van der Waals surface area contributed by atoms with E-state index in [-0.39, 0.29) is 25.1 Å². The molecule has 0 unspecified atom stereocenters. The van der Waals surface area contributed by atoms with Crippen LogP contribution in [0.1, 0.15) is 44.3 Å². The van der Waals surface area contributed by atoms with Gasteiger partial charge in [-0.1, -0.05) is 12.8 Å². The summed E-state index contributed by atoms with van der Waals surface area (Å²) in [5.74, 6) is 0.742. The molecule has 23 heavy (non-hydrogen) atoms. The largest absolute Gasteiger partial charge is 0.394 e. The smallest absolute Gasteiger partial charge is 0.244 e. The van der Waals surface area contributed by atoms with Crippen molar-refractivity contribution < 1.29 is 9.90 Å². The van der Waals surface area contributed by atoms with E-state index in [1.54, 1.807) is 9.58 Å². The second-order valence-corrected chi connectivity index (χ2v) is 6.51. The molecule has 2 aliphatic rings. The number of carbonyl (C=O) groups excluding carboxylic acids is 1. The van der Waals surface area contributed by atoms with Crippen molar-refractivity contribution in [1.29, 1.82) is 0 Å². The van der Waals surface area contributed by atoms with Crippen LogP contribution in [0.5, 0.6) is 0 Å². The summed E-state index contributed by atoms with van der Waals surface area (Å²) in [6.07, 6.45) is 6.83. The van der Waals surface area contributed by atoms with Crippen molar-refractivity contribution >= 4 is 5.91 Å². The number of rotatable bonds is 5. The van der Waals surface area contributed by atoms with Crippen LogP contribution in [0, 0.1) is 0 Å². The Kier molecular flexibility index (Phi) is 5.56. The van der Waals surface area contributed by atoms with Gasteiger partial charge in [-0.05, 0) is 49.2 Å². The number of amides is 1. The van der Waals surface area contributed by atoms with Crippen LogP contribution in [0.15, 0.2) is 0 Å². The van der Waals surface area contributed by atoms with Gasteiger partial charge in [0.25, 0.3) is 0 Å². The molecular weight excluding hydrogens is 296 g/mol. The van der Waals surface area contributed by atoms with Crippen molar-refractivity contribution in [2.24, 2.45) is 0 Å². The van der Waals surface area contributed by atoms with Gasteiger partial charge in [-0.25, -0.2) is 4.68 Å². The highest BCUT2D eigenvalue weighted by molar-refractivity contribution is 5.76. The maximum atomic E-state index is 12.5. The Bertz CT molecular complexity index is 512. The van der Waals surface area contributed by atoms with Crippen molar-refractivity contribution in [3.63, 3.8) is 0 Å². The summed E-state index contributed by atoms with van der Waals surface area (Å²) in [7, 11) is 0. The van der Waals surface area contributed by atoms with E-state index in [9.17, 15) is 9.90 Å². The SMILES string of the molecule is O=C(Cn1nnnc1CN1CCCCCC1)N1CCC[C@H]1CO. The van der Waals surface area contributed by atoms with Crippen molar-refractivity contribution in [1.82, 2.24) is 30.0 Å². The van der Waals surface area contributed by atoms with Crippen molar-refractivity contribution in [2.45, 2.75) is 57.7 Å². The van der Waals surface area contributed by atoms with Gasteiger partial charge in [0.1, 0.15) is 6.54 Å². The molecule has 1 N–H and O–H groups in total. The lowest BCUT2D eigenvalue weighted by Crippen LogP contribution is -2.40. The van der Waals surface area contributed by atoms with Crippen molar-refractivity contribution in [3.05, 3.63) is 5.82 Å². The van der Waals surface area contributed by atoms with E-state index in [1.165, 1.54) is 25.7 Å². The molecule has 0 spiro atoms. The maximum Gasteiger partial charge on any atom is 0.244 e. The summed E-state index contributed by atoms with van der Waals surface area (Å²) >= 11 is 0. The van der Waals surface area contributed by atoms with Crippen LogP contribution < -0.4 is 0 Å². The number of carbonyl (C=O) groups is 1. The molecule has 8 heteroatoms. The molecule has 8 nitrogen and oxygen atoms in total. The van der Waals surface area contributed by atoms with Gasteiger partial charge >= 0.3 is 0 Å². The molecule has 1 amide bonds. The van der Waals surface area contributed by atoms with Crippen molar-refractivity contribution in [3.8, 4) is 0 Å². The minimum absolute atomic E-state index is 0.00836. The van der Waals surface area contributed by atoms with Crippen LogP contribution in [0.2, 0.25) is 0 Å². The van der Waals surface area contributed by atoms with E-state index in [0.29, 0.717) is 13.1 Å². The Hall–Kier alpha value is -1.54. The van der Waals surface area contributed by atoms with Crippen LogP contribution in [0.3, 0.4) is 0 Å². The third-order valence-corrected chi connectivity index (χ3v) is 4.86. The number of nitrogens with zero attached hydrogens (tertiary/aromatic N) is 6. The van der Waals surface area contributed by atoms with E-state index in [1.807, 2.05) is 0 Å². The minimum Gasteiger partial charge on any atom is -0.394 e. The van der Waals surface area contributed by atoms with E-state index >= 15 is 0 Å². The molecule has 0 radical (unpaired) electrons. The first-order chi connectivity index (χ1) is 11.3. The number of likely N-dealkylation sites (tertiary alicyclic amines) is 2. The number of aliphatic hydroxyl groups is 1. The lowest BCUT2D eigenvalue weighted by atomic mass is 10.2. The average molecular weight is 322 g/mol. The van der Waals surface area contributed by atoms with Crippen LogP contribution >= 0.6 is 0 Å². The molecule has 3 rings (SSSR count). The Morgan fingerprint density at radius 2 is 1.91 bits per heavy atom. The van der Waals surface area contributed by atoms with E-state index in [4.69, 9.17) is 0 Å². The number of tetrazole rings is 1. The van der Waals surface area contributed by atoms with Gasteiger partial charge in [0.15, 0.2) is 5.82 Å². The van der Waals surface area contributed by atoms with Gasteiger partial charge in [-0.15, -0.1) is 5.10 Å². The normalized spacial score (nSPS) is 23.2. The fourth-order valence-corrected chi connectivity index (χ4v) is 3.53. The molecule has 0 bridgehead atoms. The summed E-state index contributed by atoms with van der Waals surface area (Å²) in [4.78, 5) is 16.6. The average Bonchev–Trinajstić information content (AvgIpc) is 3.12. The second kappa shape index (κ2) is 7.83. The second-order valence-electron chi connectivity index (χ2n) is 6.51. The quantitative estimate of drug-likeness (QED) is 0.823. The fourth-order valence-electron chi connectivity index (χ4n) is 3.53. The van der Waals surface area contributed by atoms with Crippen LogP contribution in [0.25, 0.3) is 0 Å². The zero-order chi connectivity index (χ0) is 16.1. The van der Waals surface area contributed by atoms with Crippen molar-refractivity contribution in [2.75, 3.05) is 26.2 Å². The van der Waals surface area contributed by atoms with Gasteiger partial charge in [-0.3, -0.25) is 9.69 Å². The highest BCUT2D eigenvalue weighted by Crippen LogP contribution is 2.17. The molecule has 2 aliphatic heterocycles. The van der Waals surface area contributed by atoms with Crippen LogP contribution in [-0.2, 0) is 17.9 Å². The van der Waals surface area contributed by atoms with Crippen LogP contribution in [0.4, 0.5) is 0 Å². The Labute approximate surface area is 136 Å². The topological polar surface area (TPSA) is 87.4 Å². The highest BCUT2D eigenvalue weighted by Gasteiger charge is 2.28. The molecule has 0 saturated carbocycles. The monoisotopic (exact) mass is 322 g/mol. The first-order valence-electron chi connectivity index (χ1n) is 8.65. The summed E-state index contributed by atoms with van der Waals surface area (Å²) in [6, 6.07) is -0.0481. The molecule has 1 atom stereocenters. The Balaban J connectivity index is 1.60. The molecule has 2 saturated heterocycles. The van der Waals surface area contributed by atoms with Gasteiger partial charge in [0, 0.05) is 6.54 Å². The standard InChI is InChI=1S/C15H26N6O2/c22-12-13-6-5-9-20(13)15(23)11-21-14(16-17-18-21)10-19-7-3-1-2-4-8-19/h13,22H,1-12H2/t13-/m0/s1. The molecular formula is C15H26N6O2. The molecule has 128 valence electrons. The number of hydrogen-bond donors (Lipinski definition) is 1. The maximum absolute atomic E-state index is 12.5. The van der Waals surface area contributed by atoms with Gasteiger partial charge < -0.3 is 10.0 Å². The van der Waals surface area contributed by atoms with Gasteiger partial charge in [-0.2, -0.15) is 0 Å². The number of aliphatic hydroxyl groups excluding tert-OH is 1. The summed E-state index contributed by atoms with van der Waals surface area (Å²) in [5.41, 5.74) is 0. The molecule has 3 heterocycles. The zero-order valence-corrected chi connectivity index (χ0v) is 13.6.